The van der Waals surface area contributed by atoms with E-state index < -0.39 is 15.9 Å². The molecule has 0 bridgehead atoms. The first-order chi connectivity index (χ1) is 20.0. The molecule has 42 heavy (non-hydrogen) atoms. The molecule has 2 unspecified atom stereocenters. The van der Waals surface area contributed by atoms with Crippen molar-refractivity contribution in [1.82, 2.24) is 34.6 Å². The summed E-state index contributed by atoms with van der Waals surface area (Å²) in [7, 11) is -4.20. The molecule has 3 aromatic heterocycles. The number of nitrogens with one attached hydrogen (secondary N) is 2. The molecular weight excluding hydrogens is 578 g/mol. The number of ether oxygens (including phenoxy) is 1. The Morgan fingerprint density at radius 1 is 1.14 bits per heavy atom. The fourth-order valence-electron chi connectivity index (χ4n) is 6.44. The quantitative estimate of drug-likeness (QED) is 0.287. The third-order valence-corrected chi connectivity index (χ3v) is 10.6. The van der Waals surface area contributed by atoms with Gasteiger partial charge in [0.25, 0.3) is 15.9 Å². The lowest BCUT2D eigenvalue weighted by molar-refractivity contribution is 0.0981. The highest BCUT2D eigenvalue weighted by Gasteiger charge is 2.54. The van der Waals surface area contributed by atoms with E-state index in [2.05, 4.69) is 39.1 Å². The van der Waals surface area contributed by atoms with Crippen LogP contribution in [0.4, 0.5) is 0 Å². The second-order valence-corrected chi connectivity index (χ2v) is 14.7. The largest absolute Gasteiger partial charge is 0.477 e. The lowest BCUT2D eigenvalue weighted by atomic mass is 9.69. The number of aromatic nitrogens is 5. The molecule has 3 fully saturated rings. The Hall–Kier alpha value is -2.96. The molecule has 6 rings (SSSR count). The zero-order valence-electron chi connectivity index (χ0n) is 24.1. The van der Waals surface area contributed by atoms with Crippen molar-refractivity contribution in [3.8, 4) is 11.7 Å². The molecular formula is C29H38ClN7O4S. The standard InChI is InChI=1S/C29H38ClN7O4S/c1-28(2)18-20(19-31-28)4-3-14-36-15-9-25(34-36)42(39,40)35-27(38)22-5-6-23(32-26(22)30)37-16-8-24(33-37)41-17-10-21-7-11-29(21)12-13-29/h5-6,8-9,15-16,20-21,31H,3-4,7,10-14,17-19H2,1-2H3,(H,35,38). The maximum absolute atomic E-state index is 12.9. The molecule has 1 amide bonds. The average molecular weight is 616 g/mol. The smallest absolute Gasteiger partial charge is 0.283 e. The summed E-state index contributed by atoms with van der Waals surface area (Å²) in [5.74, 6) is 1.35. The molecule has 11 nitrogen and oxygen atoms in total. The predicted octanol–water partition coefficient (Wildman–Crippen LogP) is 4.36. The average Bonchev–Trinajstić information content (AvgIpc) is 3.23. The number of hydrogen-bond acceptors (Lipinski definition) is 8. The fourth-order valence-corrected chi connectivity index (χ4v) is 7.58. The molecule has 1 spiro atoms. The lowest BCUT2D eigenvalue weighted by Crippen LogP contribution is -2.31. The number of hydrogen-bond donors (Lipinski definition) is 2. The number of rotatable bonds is 12. The van der Waals surface area contributed by atoms with Crippen molar-refractivity contribution in [2.24, 2.45) is 17.3 Å². The van der Waals surface area contributed by atoms with Crippen LogP contribution in [-0.4, -0.2) is 57.6 Å². The van der Waals surface area contributed by atoms with Crippen molar-refractivity contribution >= 4 is 27.5 Å². The van der Waals surface area contributed by atoms with Crippen LogP contribution in [0.3, 0.4) is 0 Å². The molecule has 2 aliphatic carbocycles. The van der Waals surface area contributed by atoms with Gasteiger partial charge in [-0.1, -0.05) is 11.6 Å². The van der Waals surface area contributed by atoms with Gasteiger partial charge in [-0.3, -0.25) is 9.48 Å². The zero-order chi connectivity index (χ0) is 29.5. The predicted molar refractivity (Wildman–Crippen MR) is 157 cm³/mol. The molecule has 3 aromatic rings. The summed E-state index contributed by atoms with van der Waals surface area (Å²) in [5, 5.41) is 11.7. The minimum atomic E-state index is -4.20. The second kappa shape index (κ2) is 11.3. The van der Waals surface area contributed by atoms with Crippen molar-refractivity contribution in [2.75, 3.05) is 13.2 Å². The van der Waals surface area contributed by atoms with E-state index in [-0.39, 0.29) is 21.3 Å². The number of amides is 1. The van der Waals surface area contributed by atoms with Gasteiger partial charge in [-0.2, -0.15) is 13.5 Å². The van der Waals surface area contributed by atoms with E-state index in [0.717, 1.165) is 38.1 Å². The van der Waals surface area contributed by atoms with E-state index in [1.807, 2.05) is 0 Å². The Morgan fingerprint density at radius 3 is 2.67 bits per heavy atom. The summed E-state index contributed by atoms with van der Waals surface area (Å²) >= 11 is 6.30. The van der Waals surface area contributed by atoms with Gasteiger partial charge in [0.15, 0.2) is 10.8 Å². The van der Waals surface area contributed by atoms with Crippen molar-refractivity contribution in [3.05, 3.63) is 47.4 Å². The van der Waals surface area contributed by atoms with Gasteiger partial charge < -0.3 is 10.1 Å². The maximum Gasteiger partial charge on any atom is 0.283 e. The van der Waals surface area contributed by atoms with Gasteiger partial charge in [0.05, 0.1) is 12.2 Å². The summed E-state index contributed by atoms with van der Waals surface area (Å²) in [4.78, 5) is 17.1. The molecule has 1 saturated heterocycles. The first-order valence-electron chi connectivity index (χ1n) is 14.7. The first kappa shape index (κ1) is 29.1. The summed E-state index contributed by atoms with van der Waals surface area (Å²) in [6, 6.07) is 6.10. The van der Waals surface area contributed by atoms with Crippen LogP contribution in [0.2, 0.25) is 5.15 Å². The zero-order valence-corrected chi connectivity index (χ0v) is 25.6. The van der Waals surface area contributed by atoms with Crippen molar-refractivity contribution < 1.29 is 17.9 Å². The van der Waals surface area contributed by atoms with Crippen molar-refractivity contribution in [1.29, 1.82) is 0 Å². The van der Waals surface area contributed by atoms with Gasteiger partial charge in [0.2, 0.25) is 5.88 Å². The van der Waals surface area contributed by atoms with Crippen LogP contribution in [0, 0.1) is 17.3 Å². The second-order valence-electron chi connectivity index (χ2n) is 12.7. The fraction of sp³-hybridized carbons (Fsp3) is 0.586. The molecule has 2 N–H and O–H groups in total. The molecule has 4 heterocycles. The van der Waals surface area contributed by atoms with E-state index in [4.69, 9.17) is 16.3 Å². The van der Waals surface area contributed by atoms with E-state index in [1.165, 1.54) is 42.5 Å². The van der Waals surface area contributed by atoms with Crippen LogP contribution in [0.25, 0.3) is 5.82 Å². The Kier molecular flexibility index (Phi) is 7.82. The van der Waals surface area contributed by atoms with Gasteiger partial charge in [-0.05, 0) is 107 Å². The number of nitrogens with zero attached hydrogens (tertiary/aromatic N) is 5. The Bertz CT molecular complexity index is 1560. The number of carbonyl (C=O) groups excluding carboxylic acids is 1. The molecule has 1 aliphatic heterocycles. The van der Waals surface area contributed by atoms with Crippen LogP contribution in [-0.2, 0) is 16.6 Å². The molecule has 0 aromatic carbocycles. The summed E-state index contributed by atoms with van der Waals surface area (Å²) in [5.41, 5.74) is 0.720. The molecule has 2 atom stereocenters. The minimum Gasteiger partial charge on any atom is -0.477 e. The molecule has 226 valence electrons. The summed E-state index contributed by atoms with van der Waals surface area (Å²) < 4.78 is 36.7. The van der Waals surface area contributed by atoms with Gasteiger partial charge >= 0.3 is 0 Å². The van der Waals surface area contributed by atoms with Gasteiger partial charge in [-0.25, -0.2) is 14.4 Å². The Morgan fingerprint density at radius 2 is 1.98 bits per heavy atom. The summed E-state index contributed by atoms with van der Waals surface area (Å²) in [6.07, 6.45) is 12.8. The van der Waals surface area contributed by atoms with E-state index >= 15 is 0 Å². The number of carbonyl (C=O) groups is 1. The Balaban J connectivity index is 1.01. The van der Waals surface area contributed by atoms with Crippen LogP contribution in [0.15, 0.2) is 41.7 Å². The van der Waals surface area contributed by atoms with Crippen LogP contribution < -0.4 is 14.8 Å². The SMILES string of the molecule is CC1(C)CC(CCCn2ccc(S(=O)(=O)NC(=O)c3ccc(-n4ccc(OCCC5CCC56CC6)n4)nc3Cl)n2)CN1. The molecule has 2 saturated carbocycles. The third-order valence-electron chi connectivity index (χ3n) is 9.13. The number of pyridine rings is 1. The molecule has 0 radical (unpaired) electrons. The highest BCUT2D eigenvalue weighted by atomic mass is 35.5. The monoisotopic (exact) mass is 615 g/mol. The normalized spacial score (nSPS) is 22.2. The van der Waals surface area contributed by atoms with E-state index in [1.54, 1.807) is 29.2 Å². The Labute approximate surface area is 251 Å². The topological polar surface area (TPSA) is 133 Å². The first-order valence-corrected chi connectivity index (χ1v) is 16.6. The van der Waals surface area contributed by atoms with Crippen molar-refractivity contribution in [3.63, 3.8) is 0 Å². The molecule has 3 aliphatic rings. The van der Waals surface area contributed by atoms with Crippen LogP contribution >= 0.6 is 11.6 Å². The van der Waals surface area contributed by atoms with Gasteiger partial charge in [-0.15, -0.1) is 5.10 Å². The van der Waals surface area contributed by atoms with E-state index in [9.17, 15) is 13.2 Å². The van der Waals surface area contributed by atoms with Gasteiger partial charge in [0.1, 0.15) is 5.15 Å². The maximum atomic E-state index is 12.9. The number of sulfonamides is 1. The lowest BCUT2D eigenvalue weighted by Gasteiger charge is -2.37. The van der Waals surface area contributed by atoms with Gasteiger partial charge in [0, 0.05) is 30.5 Å². The summed E-state index contributed by atoms with van der Waals surface area (Å²) in [6.45, 7) is 6.62. The van der Waals surface area contributed by atoms with Crippen LogP contribution in [0.1, 0.15) is 75.6 Å². The highest BCUT2D eigenvalue weighted by Crippen LogP contribution is 2.65. The highest BCUT2D eigenvalue weighted by molar-refractivity contribution is 7.90. The minimum absolute atomic E-state index is 0.0744. The molecule has 13 heteroatoms. The number of halogens is 1. The number of aryl methyl sites for hydroxylation is 1. The van der Waals surface area contributed by atoms with E-state index in [0.29, 0.717) is 36.2 Å². The third kappa shape index (κ3) is 6.35. The van der Waals surface area contributed by atoms with Crippen LogP contribution in [0.5, 0.6) is 5.88 Å². The van der Waals surface area contributed by atoms with Crippen molar-refractivity contribution in [2.45, 2.75) is 82.3 Å².